The Labute approximate surface area is 148 Å². The van der Waals surface area contributed by atoms with Gasteiger partial charge in [0.2, 0.25) is 0 Å². The minimum Gasteiger partial charge on any atom is -0.480 e. The molecule has 0 spiro atoms. The summed E-state index contributed by atoms with van der Waals surface area (Å²) in [5.74, 6) is -0.247. The number of nitrogens with zero attached hydrogens (tertiary/aromatic N) is 1. The Bertz CT molecular complexity index is 606. The minimum absolute atomic E-state index is 0.0153. The van der Waals surface area contributed by atoms with Crippen molar-refractivity contribution in [1.82, 2.24) is 4.90 Å². The Morgan fingerprint density at radius 2 is 1.75 bits per heavy atom. The van der Waals surface area contributed by atoms with Crippen LogP contribution in [0, 0.1) is 11.3 Å². The number of carboxylic acid groups (broad SMARTS) is 1. The van der Waals surface area contributed by atoms with Crippen molar-refractivity contribution >= 4 is 23.6 Å². The molecule has 5 heteroatoms. The highest BCUT2D eigenvalue weighted by Crippen LogP contribution is 2.38. The lowest BCUT2D eigenvalue weighted by Gasteiger charge is -2.42. The Hall–Kier alpha value is -1.49. The van der Waals surface area contributed by atoms with Gasteiger partial charge in [-0.15, -0.1) is 11.8 Å². The zero-order valence-corrected chi connectivity index (χ0v) is 15.7. The predicted octanol–water partition coefficient (Wildman–Crippen LogP) is 4.15. The van der Waals surface area contributed by atoms with E-state index in [2.05, 4.69) is 20.8 Å². The molecule has 1 aliphatic rings. The average molecular weight is 349 g/mol. The first kappa shape index (κ1) is 18.8. The van der Waals surface area contributed by atoms with Gasteiger partial charge in [-0.1, -0.05) is 32.9 Å². The second-order valence-corrected chi connectivity index (χ2v) is 8.58. The van der Waals surface area contributed by atoms with Gasteiger partial charge in [-0.05, 0) is 43.2 Å². The number of carbonyl (C=O) groups is 2. The van der Waals surface area contributed by atoms with Crippen molar-refractivity contribution in [1.29, 1.82) is 0 Å². The summed E-state index contributed by atoms with van der Waals surface area (Å²) >= 11 is 1.23. The molecule has 0 aromatic heterocycles. The van der Waals surface area contributed by atoms with Crippen molar-refractivity contribution in [3.8, 4) is 0 Å². The fourth-order valence-electron chi connectivity index (χ4n) is 2.96. The fraction of sp³-hybridized carbons (Fsp3) is 0.579. The summed E-state index contributed by atoms with van der Waals surface area (Å²) in [5, 5.41) is 8.54. The van der Waals surface area contributed by atoms with E-state index >= 15 is 0 Å². The van der Waals surface area contributed by atoms with Crippen molar-refractivity contribution in [2.45, 2.75) is 50.7 Å². The van der Waals surface area contributed by atoms with E-state index in [1.807, 2.05) is 23.1 Å². The first-order valence-electron chi connectivity index (χ1n) is 8.52. The van der Waals surface area contributed by atoms with E-state index in [0.717, 1.165) is 30.8 Å². The number of hydrogen-bond donors (Lipinski definition) is 1. The van der Waals surface area contributed by atoms with E-state index in [-0.39, 0.29) is 5.91 Å². The molecular weight excluding hydrogens is 322 g/mol. The molecule has 1 amide bonds. The zero-order valence-electron chi connectivity index (χ0n) is 14.9. The van der Waals surface area contributed by atoms with E-state index in [9.17, 15) is 9.59 Å². The van der Waals surface area contributed by atoms with E-state index in [0.29, 0.717) is 16.9 Å². The van der Waals surface area contributed by atoms with Gasteiger partial charge in [0, 0.05) is 18.0 Å². The topological polar surface area (TPSA) is 57.6 Å². The van der Waals surface area contributed by atoms with Gasteiger partial charge < -0.3 is 10.0 Å². The highest BCUT2D eigenvalue weighted by molar-refractivity contribution is 8.00. The van der Waals surface area contributed by atoms with E-state index in [4.69, 9.17) is 5.11 Å². The lowest BCUT2D eigenvalue weighted by molar-refractivity contribution is -0.136. The summed E-state index contributed by atoms with van der Waals surface area (Å²) in [6.07, 6.45) is 2.02. The smallest absolute Gasteiger partial charge is 0.316 e. The molecule has 1 aromatic carbocycles. The highest BCUT2D eigenvalue weighted by atomic mass is 32.2. The molecule has 1 heterocycles. The number of aliphatic carboxylic acids is 1. The Kier molecular flexibility index (Phi) is 5.97. The largest absolute Gasteiger partial charge is 0.480 e. The summed E-state index contributed by atoms with van der Waals surface area (Å²) < 4.78 is 0. The van der Waals surface area contributed by atoms with E-state index in [1.165, 1.54) is 11.8 Å². The molecule has 1 N–H and O–H groups in total. The number of carboxylic acids is 1. The molecule has 132 valence electrons. The molecule has 1 aliphatic heterocycles. The van der Waals surface area contributed by atoms with Gasteiger partial charge in [0.05, 0.1) is 5.56 Å². The van der Waals surface area contributed by atoms with Crippen LogP contribution in [0.4, 0.5) is 0 Å². The number of carbonyl (C=O) groups excluding carboxylic acids is 1. The maximum Gasteiger partial charge on any atom is 0.316 e. The molecule has 1 saturated heterocycles. The van der Waals surface area contributed by atoms with E-state index in [1.54, 1.807) is 13.0 Å². The number of rotatable bonds is 5. The van der Waals surface area contributed by atoms with Crippen LogP contribution in [-0.2, 0) is 4.79 Å². The molecule has 1 unspecified atom stereocenters. The van der Waals surface area contributed by atoms with Crippen LogP contribution in [0.1, 0.15) is 50.9 Å². The molecule has 1 aromatic rings. The van der Waals surface area contributed by atoms with Gasteiger partial charge in [0.1, 0.15) is 5.25 Å². The second kappa shape index (κ2) is 7.60. The van der Waals surface area contributed by atoms with Crippen LogP contribution in [0.15, 0.2) is 29.2 Å². The molecule has 0 saturated carbocycles. The molecule has 2 rings (SSSR count). The Morgan fingerprint density at radius 3 is 2.29 bits per heavy atom. The van der Waals surface area contributed by atoms with Crippen LogP contribution >= 0.6 is 11.8 Å². The molecule has 4 nitrogen and oxygen atoms in total. The lowest BCUT2D eigenvalue weighted by atomic mass is 9.72. The van der Waals surface area contributed by atoms with Crippen LogP contribution in [0.25, 0.3) is 0 Å². The SMILES string of the molecule is CC(Sc1ccccc1C(=O)N1CCC(C)(C(C)C)CC1)C(=O)O. The zero-order chi connectivity index (χ0) is 17.9. The molecular formula is C19H27NO3S. The number of likely N-dealkylation sites (tertiary alicyclic amines) is 1. The Balaban J connectivity index is 2.12. The van der Waals surface area contributed by atoms with Crippen molar-refractivity contribution in [3.63, 3.8) is 0 Å². The molecule has 0 bridgehead atoms. The molecule has 0 aliphatic carbocycles. The normalized spacial score (nSPS) is 18.5. The third kappa shape index (κ3) is 4.12. The van der Waals surface area contributed by atoms with Crippen LogP contribution in [0.2, 0.25) is 0 Å². The van der Waals surface area contributed by atoms with Crippen molar-refractivity contribution in [3.05, 3.63) is 29.8 Å². The average Bonchev–Trinajstić information content (AvgIpc) is 2.55. The highest BCUT2D eigenvalue weighted by Gasteiger charge is 2.35. The number of amides is 1. The maximum atomic E-state index is 12.9. The van der Waals surface area contributed by atoms with Crippen molar-refractivity contribution in [2.24, 2.45) is 11.3 Å². The summed E-state index contributed by atoms with van der Waals surface area (Å²) in [5.41, 5.74) is 0.909. The Morgan fingerprint density at radius 1 is 1.17 bits per heavy atom. The van der Waals surface area contributed by atoms with Gasteiger partial charge in [-0.2, -0.15) is 0 Å². The summed E-state index contributed by atoms with van der Waals surface area (Å²) in [7, 11) is 0. The van der Waals surface area contributed by atoms with Gasteiger partial charge in [0.25, 0.3) is 5.91 Å². The van der Waals surface area contributed by atoms with Crippen molar-refractivity contribution < 1.29 is 14.7 Å². The quantitative estimate of drug-likeness (QED) is 0.811. The number of benzene rings is 1. The second-order valence-electron chi connectivity index (χ2n) is 7.20. The van der Waals surface area contributed by atoms with Crippen LogP contribution < -0.4 is 0 Å². The van der Waals surface area contributed by atoms with Gasteiger partial charge in [-0.25, -0.2) is 0 Å². The summed E-state index contributed by atoms with van der Waals surface area (Å²) in [4.78, 5) is 26.7. The summed E-state index contributed by atoms with van der Waals surface area (Å²) in [6, 6.07) is 7.32. The van der Waals surface area contributed by atoms with Gasteiger partial charge >= 0.3 is 5.97 Å². The first-order valence-corrected chi connectivity index (χ1v) is 9.40. The summed E-state index contributed by atoms with van der Waals surface area (Å²) in [6.45, 7) is 9.97. The number of hydrogen-bond acceptors (Lipinski definition) is 3. The monoisotopic (exact) mass is 349 g/mol. The van der Waals surface area contributed by atoms with E-state index < -0.39 is 11.2 Å². The fourth-order valence-corrected chi connectivity index (χ4v) is 3.88. The minimum atomic E-state index is -0.868. The third-order valence-electron chi connectivity index (χ3n) is 5.36. The first-order chi connectivity index (χ1) is 11.2. The predicted molar refractivity (Wildman–Crippen MR) is 97.5 cm³/mol. The third-order valence-corrected chi connectivity index (χ3v) is 6.52. The van der Waals surface area contributed by atoms with Crippen molar-refractivity contribution in [2.75, 3.05) is 13.1 Å². The molecule has 24 heavy (non-hydrogen) atoms. The van der Waals surface area contributed by atoms with Crippen LogP contribution in [-0.4, -0.2) is 40.2 Å². The number of thioether (sulfide) groups is 1. The van der Waals surface area contributed by atoms with Gasteiger partial charge in [-0.3, -0.25) is 9.59 Å². The van der Waals surface area contributed by atoms with Crippen LogP contribution in [0.5, 0.6) is 0 Å². The molecule has 1 fully saturated rings. The van der Waals surface area contributed by atoms with Gasteiger partial charge in [0.15, 0.2) is 0 Å². The lowest BCUT2D eigenvalue weighted by Crippen LogP contribution is -2.44. The standard InChI is InChI=1S/C19H27NO3S/c1-13(2)19(4)9-11-20(12-10-19)17(21)15-7-5-6-8-16(15)24-14(3)18(22)23/h5-8,13-14H,9-12H2,1-4H3,(H,22,23). The molecule has 1 atom stereocenters. The molecule has 0 radical (unpaired) electrons. The maximum absolute atomic E-state index is 12.9. The van der Waals surface area contributed by atoms with Crippen LogP contribution in [0.3, 0.4) is 0 Å². The number of piperidine rings is 1.